The van der Waals surface area contributed by atoms with Crippen molar-refractivity contribution in [3.8, 4) is 0 Å². The second kappa shape index (κ2) is 4.35. The first-order valence-electron chi connectivity index (χ1n) is 4.65. The molecule has 0 unspecified atom stereocenters. The highest BCUT2D eigenvalue weighted by atomic mass is 32.1. The normalized spacial score (nSPS) is 27.0. The van der Waals surface area contributed by atoms with Crippen molar-refractivity contribution in [3.63, 3.8) is 0 Å². The lowest BCUT2D eigenvalue weighted by molar-refractivity contribution is 0.122. The van der Waals surface area contributed by atoms with Crippen molar-refractivity contribution in [2.75, 3.05) is 13.2 Å². The van der Waals surface area contributed by atoms with E-state index in [1.807, 2.05) is 12.4 Å². The highest BCUT2D eigenvalue weighted by Gasteiger charge is 2.25. The lowest BCUT2D eigenvalue weighted by Gasteiger charge is -2.13. The predicted octanol–water partition coefficient (Wildman–Crippen LogP) is 0.301. The van der Waals surface area contributed by atoms with E-state index in [1.54, 1.807) is 11.3 Å². The number of hydrogen-bond acceptors (Lipinski definition) is 5. The van der Waals surface area contributed by atoms with E-state index >= 15 is 0 Å². The second-order valence-corrected chi connectivity index (χ2v) is 4.39. The molecule has 0 saturated carbocycles. The minimum atomic E-state index is -0.372. The van der Waals surface area contributed by atoms with Crippen molar-refractivity contribution in [2.45, 2.75) is 25.6 Å². The van der Waals surface area contributed by atoms with Gasteiger partial charge in [-0.2, -0.15) is 0 Å². The second-order valence-electron chi connectivity index (χ2n) is 3.45. The molecule has 4 nitrogen and oxygen atoms in total. The molecule has 1 aromatic rings. The average molecular weight is 214 g/mol. The average Bonchev–Trinajstić information content (AvgIpc) is 2.72. The van der Waals surface area contributed by atoms with Gasteiger partial charge >= 0.3 is 0 Å². The van der Waals surface area contributed by atoms with E-state index in [9.17, 15) is 5.11 Å². The van der Waals surface area contributed by atoms with Gasteiger partial charge in [-0.3, -0.25) is 0 Å². The summed E-state index contributed by atoms with van der Waals surface area (Å²) >= 11 is 1.64. The van der Waals surface area contributed by atoms with Crippen LogP contribution in [0.4, 0.5) is 0 Å². The maximum Gasteiger partial charge on any atom is 0.0948 e. The van der Waals surface area contributed by atoms with Gasteiger partial charge in [0.1, 0.15) is 0 Å². The quantitative estimate of drug-likeness (QED) is 0.760. The van der Waals surface area contributed by atoms with Gasteiger partial charge in [0.15, 0.2) is 0 Å². The van der Waals surface area contributed by atoms with Crippen LogP contribution < -0.4 is 5.32 Å². The fraction of sp³-hybridized carbons (Fsp3) is 0.667. The molecule has 1 aliphatic rings. The molecule has 78 valence electrons. The van der Waals surface area contributed by atoms with E-state index in [2.05, 4.69) is 10.3 Å². The van der Waals surface area contributed by atoms with E-state index < -0.39 is 0 Å². The Morgan fingerprint density at radius 2 is 2.57 bits per heavy atom. The van der Waals surface area contributed by atoms with Gasteiger partial charge in [-0.05, 0) is 6.92 Å². The number of aryl methyl sites for hydroxylation is 1. The Morgan fingerprint density at radius 3 is 3.14 bits per heavy atom. The number of nitrogens with zero attached hydrogens (tertiary/aromatic N) is 1. The Balaban J connectivity index is 1.85. The molecule has 2 heterocycles. The number of hydrogen-bond donors (Lipinski definition) is 2. The molecule has 2 N–H and O–H groups in total. The van der Waals surface area contributed by atoms with E-state index in [-0.39, 0.29) is 12.1 Å². The first-order valence-corrected chi connectivity index (χ1v) is 5.53. The fourth-order valence-corrected chi connectivity index (χ4v) is 2.19. The molecule has 0 spiro atoms. The van der Waals surface area contributed by atoms with Crippen molar-refractivity contribution in [3.05, 3.63) is 16.1 Å². The first kappa shape index (κ1) is 10.0. The Morgan fingerprint density at radius 1 is 1.71 bits per heavy atom. The molecule has 0 radical (unpaired) electrons. The van der Waals surface area contributed by atoms with Crippen LogP contribution in [-0.4, -0.2) is 35.5 Å². The maximum absolute atomic E-state index is 9.49. The molecule has 14 heavy (non-hydrogen) atoms. The largest absolute Gasteiger partial charge is 0.389 e. The van der Waals surface area contributed by atoms with E-state index in [4.69, 9.17) is 4.74 Å². The Kier molecular flexibility index (Phi) is 3.12. The number of rotatable bonds is 3. The van der Waals surface area contributed by atoms with Gasteiger partial charge in [-0.15, -0.1) is 11.3 Å². The zero-order valence-electron chi connectivity index (χ0n) is 8.06. The van der Waals surface area contributed by atoms with E-state index in [0.29, 0.717) is 13.2 Å². The van der Waals surface area contributed by atoms with Crippen molar-refractivity contribution in [2.24, 2.45) is 0 Å². The first-order chi connectivity index (χ1) is 6.77. The molecule has 0 aromatic carbocycles. The molecule has 1 aliphatic heterocycles. The highest BCUT2D eigenvalue weighted by Crippen LogP contribution is 2.13. The third kappa shape index (κ3) is 2.12. The van der Waals surface area contributed by atoms with Crippen LogP contribution in [0.3, 0.4) is 0 Å². The van der Waals surface area contributed by atoms with Gasteiger partial charge in [0.2, 0.25) is 0 Å². The summed E-state index contributed by atoms with van der Waals surface area (Å²) in [6, 6.07) is 0.0662. The number of thiazole rings is 1. The highest BCUT2D eigenvalue weighted by molar-refractivity contribution is 7.09. The molecule has 5 heteroatoms. The van der Waals surface area contributed by atoms with Gasteiger partial charge in [0.25, 0.3) is 0 Å². The Labute approximate surface area is 86.9 Å². The van der Waals surface area contributed by atoms with Gasteiger partial charge in [-0.1, -0.05) is 0 Å². The Bertz CT molecular complexity index is 303. The zero-order valence-corrected chi connectivity index (χ0v) is 8.88. The summed E-state index contributed by atoms with van der Waals surface area (Å²) in [6.45, 7) is 3.80. The van der Waals surface area contributed by atoms with Crippen LogP contribution in [0.25, 0.3) is 0 Å². The summed E-state index contributed by atoms with van der Waals surface area (Å²) in [4.78, 5) is 5.39. The summed E-state index contributed by atoms with van der Waals surface area (Å²) in [7, 11) is 0. The fourth-order valence-electron chi connectivity index (χ4n) is 1.46. The topological polar surface area (TPSA) is 54.4 Å². The maximum atomic E-state index is 9.49. The minimum absolute atomic E-state index is 0.0662. The van der Waals surface area contributed by atoms with Gasteiger partial charge in [-0.25, -0.2) is 4.98 Å². The summed E-state index contributed by atoms with van der Waals surface area (Å²) in [5.41, 5.74) is 2.91. The molecular weight excluding hydrogens is 200 g/mol. The minimum Gasteiger partial charge on any atom is -0.389 e. The smallest absolute Gasteiger partial charge is 0.0948 e. The molecule has 1 saturated heterocycles. The molecule has 2 atom stereocenters. The van der Waals surface area contributed by atoms with Crippen LogP contribution in [0.1, 0.15) is 10.6 Å². The SMILES string of the molecule is Cc1ncsc1CN[C@@H]1COC[C@H]1O. The summed E-state index contributed by atoms with van der Waals surface area (Å²) < 4.78 is 5.14. The summed E-state index contributed by atoms with van der Waals surface area (Å²) in [5, 5.41) is 12.8. The zero-order chi connectivity index (χ0) is 9.97. The summed E-state index contributed by atoms with van der Waals surface area (Å²) in [5.74, 6) is 0. The number of nitrogens with one attached hydrogen (secondary N) is 1. The van der Waals surface area contributed by atoms with Crippen molar-refractivity contribution in [1.82, 2.24) is 10.3 Å². The predicted molar refractivity (Wildman–Crippen MR) is 54.3 cm³/mol. The lowest BCUT2D eigenvalue weighted by Crippen LogP contribution is -2.38. The van der Waals surface area contributed by atoms with E-state index in [1.165, 1.54) is 4.88 Å². The number of aliphatic hydroxyl groups excluding tert-OH is 1. The van der Waals surface area contributed by atoms with Crippen LogP contribution in [0.5, 0.6) is 0 Å². The van der Waals surface area contributed by atoms with E-state index in [0.717, 1.165) is 12.2 Å². The molecule has 0 bridgehead atoms. The Hall–Kier alpha value is -0.490. The van der Waals surface area contributed by atoms with Gasteiger partial charge in [0, 0.05) is 11.4 Å². The van der Waals surface area contributed by atoms with Crippen molar-refractivity contribution >= 4 is 11.3 Å². The van der Waals surface area contributed by atoms with Crippen LogP contribution >= 0.6 is 11.3 Å². The number of ether oxygens (including phenoxy) is 1. The van der Waals surface area contributed by atoms with Crippen LogP contribution in [0, 0.1) is 6.92 Å². The number of aliphatic hydroxyl groups is 1. The third-order valence-electron chi connectivity index (χ3n) is 2.42. The standard InChI is InChI=1S/C9H14N2O2S/c1-6-9(14-5-11-6)2-10-7-3-13-4-8(7)12/h5,7-8,10,12H,2-4H2,1H3/t7-,8-/m1/s1. The monoisotopic (exact) mass is 214 g/mol. The molecular formula is C9H14N2O2S. The molecule has 1 aromatic heterocycles. The molecule has 0 amide bonds. The van der Waals surface area contributed by atoms with Crippen LogP contribution in [0.15, 0.2) is 5.51 Å². The lowest BCUT2D eigenvalue weighted by atomic mass is 10.2. The number of aromatic nitrogens is 1. The third-order valence-corrected chi connectivity index (χ3v) is 3.36. The van der Waals surface area contributed by atoms with Gasteiger partial charge in [0.05, 0.1) is 36.6 Å². The van der Waals surface area contributed by atoms with Crippen molar-refractivity contribution < 1.29 is 9.84 Å². The van der Waals surface area contributed by atoms with Gasteiger partial charge < -0.3 is 15.2 Å². The van der Waals surface area contributed by atoms with Crippen LogP contribution in [0.2, 0.25) is 0 Å². The molecule has 0 aliphatic carbocycles. The summed E-state index contributed by atoms with van der Waals surface area (Å²) in [6.07, 6.45) is -0.372. The molecule has 2 rings (SSSR count). The molecule has 1 fully saturated rings. The van der Waals surface area contributed by atoms with Crippen molar-refractivity contribution in [1.29, 1.82) is 0 Å². The van der Waals surface area contributed by atoms with Crippen LogP contribution in [-0.2, 0) is 11.3 Å².